The smallest absolute Gasteiger partial charge is 0.246 e. The Labute approximate surface area is 192 Å². The zero-order valence-electron chi connectivity index (χ0n) is 18.7. The molecule has 0 spiro atoms. The van der Waals surface area contributed by atoms with E-state index in [0.717, 1.165) is 10.5 Å². The first-order valence-corrected chi connectivity index (χ1v) is 10.6. The van der Waals surface area contributed by atoms with Gasteiger partial charge in [0.25, 0.3) is 0 Å². The number of hydrogen-bond donors (Lipinski definition) is 4. The minimum Gasteiger partial charge on any atom is -0.508 e. The summed E-state index contributed by atoms with van der Waals surface area (Å²) >= 11 is 0. The van der Waals surface area contributed by atoms with Crippen LogP contribution in [0.4, 0.5) is 0 Å². The number of nitrogens with one attached hydrogen (secondary N) is 1. The van der Waals surface area contributed by atoms with Gasteiger partial charge in [-0.05, 0) is 49.9 Å². The first-order valence-electron chi connectivity index (χ1n) is 10.6. The van der Waals surface area contributed by atoms with Crippen LogP contribution in [-0.2, 0) is 32.0 Å². The molecule has 33 heavy (non-hydrogen) atoms. The van der Waals surface area contributed by atoms with Crippen molar-refractivity contribution in [1.29, 1.82) is 0 Å². The van der Waals surface area contributed by atoms with E-state index in [-0.39, 0.29) is 24.4 Å². The predicted octanol–water partition coefficient (Wildman–Crippen LogP) is 0.281. The SMILES string of the molecule is CC(=O)C(Cc1ccccc1)N(CC(=O)NC(=O)[C@@H](N)Cc1ccc(O)cc1)C(=O)[C@@H](C)N. The van der Waals surface area contributed by atoms with Crippen LogP contribution in [0.2, 0.25) is 0 Å². The molecule has 0 aliphatic heterocycles. The molecule has 0 aliphatic rings. The molecule has 2 aromatic carbocycles. The van der Waals surface area contributed by atoms with Crippen LogP contribution in [0.25, 0.3) is 0 Å². The van der Waals surface area contributed by atoms with Gasteiger partial charge in [-0.3, -0.25) is 24.5 Å². The van der Waals surface area contributed by atoms with Gasteiger partial charge in [0.1, 0.15) is 12.3 Å². The van der Waals surface area contributed by atoms with E-state index in [2.05, 4.69) is 5.32 Å². The fraction of sp³-hybridized carbons (Fsp3) is 0.333. The quantitative estimate of drug-likeness (QED) is 0.402. The number of rotatable bonds is 10. The van der Waals surface area contributed by atoms with Crippen LogP contribution in [0.3, 0.4) is 0 Å². The minimum absolute atomic E-state index is 0.0846. The van der Waals surface area contributed by atoms with Gasteiger partial charge < -0.3 is 21.5 Å². The third-order valence-corrected chi connectivity index (χ3v) is 5.10. The molecule has 0 radical (unpaired) electrons. The first kappa shape index (κ1) is 25.7. The molecule has 0 saturated carbocycles. The van der Waals surface area contributed by atoms with Crippen molar-refractivity contribution in [3.63, 3.8) is 0 Å². The molecule has 3 atom stereocenters. The van der Waals surface area contributed by atoms with E-state index in [0.29, 0.717) is 5.56 Å². The summed E-state index contributed by atoms with van der Waals surface area (Å²) in [4.78, 5) is 51.2. The molecule has 9 heteroatoms. The molecule has 3 amide bonds. The molecule has 2 aromatic rings. The number of Topliss-reactive ketones (excluding diaryl/α,β-unsaturated/α-hetero) is 1. The Morgan fingerprint density at radius 1 is 0.939 bits per heavy atom. The number of imide groups is 1. The normalized spacial score (nSPS) is 13.5. The number of hydrogen-bond acceptors (Lipinski definition) is 7. The van der Waals surface area contributed by atoms with Crippen molar-refractivity contribution in [2.24, 2.45) is 11.5 Å². The van der Waals surface area contributed by atoms with Crippen molar-refractivity contribution in [2.75, 3.05) is 6.54 Å². The molecule has 2 rings (SSSR count). The summed E-state index contributed by atoms with van der Waals surface area (Å²) in [6.07, 6.45) is 0.349. The number of nitrogens with two attached hydrogens (primary N) is 2. The lowest BCUT2D eigenvalue weighted by atomic mass is 10.0. The van der Waals surface area contributed by atoms with E-state index in [4.69, 9.17) is 11.5 Å². The Kier molecular flexibility index (Phi) is 9.26. The summed E-state index contributed by atoms with van der Waals surface area (Å²) < 4.78 is 0. The van der Waals surface area contributed by atoms with Gasteiger partial charge in [-0.1, -0.05) is 42.5 Å². The Morgan fingerprint density at radius 3 is 2.06 bits per heavy atom. The third kappa shape index (κ3) is 7.81. The highest BCUT2D eigenvalue weighted by atomic mass is 16.3. The van der Waals surface area contributed by atoms with Gasteiger partial charge >= 0.3 is 0 Å². The second-order valence-corrected chi connectivity index (χ2v) is 7.96. The fourth-order valence-corrected chi connectivity index (χ4v) is 3.32. The maximum absolute atomic E-state index is 12.7. The average molecular weight is 455 g/mol. The Morgan fingerprint density at radius 2 is 1.52 bits per heavy atom. The number of nitrogens with zero attached hydrogens (tertiary/aromatic N) is 1. The van der Waals surface area contributed by atoms with Gasteiger partial charge in [-0.2, -0.15) is 0 Å². The molecule has 0 bridgehead atoms. The number of aromatic hydroxyl groups is 1. The van der Waals surface area contributed by atoms with Crippen LogP contribution >= 0.6 is 0 Å². The molecular formula is C24H30N4O5. The molecule has 176 valence electrons. The molecule has 1 unspecified atom stereocenters. The summed E-state index contributed by atoms with van der Waals surface area (Å²) in [5, 5.41) is 11.5. The zero-order chi connectivity index (χ0) is 24.5. The number of benzene rings is 2. The number of phenols is 1. The largest absolute Gasteiger partial charge is 0.508 e. The van der Waals surface area contributed by atoms with Gasteiger partial charge in [0, 0.05) is 0 Å². The number of amides is 3. The molecule has 0 aliphatic carbocycles. The number of phenolic OH excluding ortho intramolecular Hbond substituents is 1. The van der Waals surface area contributed by atoms with Crippen molar-refractivity contribution < 1.29 is 24.3 Å². The van der Waals surface area contributed by atoms with Gasteiger partial charge in [-0.15, -0.1) is 0 Å². The van der Waals surface area contributed by atoms with Crippen molar-refractivity contribution in [1.82, 2.24) is 10.2 Å². The van der Waals surface area contributed by atoms with Crippen LogP contribution in [0.15, 0.2) is 54.6 Å². The Hall–Kier alpha value is -3.56. The molecule has 0 heterocycles. The minimum atomic E-state index is -1.02. The van der Waals surface area contributed by atoms with Crippen LogP contribution < -0.4 is 16.8 Å². The maximum atomic E-state index is 12.7. The Bertz CT molecular complexity index is 976. The first-order chi connectivity index (χ1) is 15.6. The van der Waals surface area contributed by atoms with Crippen LogP contribution in [0, 0.1) is 0 Å². The maximum Gasteiger partial charge on any atom is 0.246 e. The van der Waals surface area contributed by atoms with Crippen LogP contribution in [0.1, 0.15) is 25.0 Å². The van der Waals surface area contributed by atoms with Gasteiger partial charge in [-0.25, -0.2) is 0 Å². The summed E-state index contributed by atoms with van der Waals surface area (Å²) in [5.74, 6) is -2.29. The van der Waals surface area contributed by atoms with E-state index < -0.39 is 42.4 Å². The van der Waals surface area contributed by atoms with Crippen molar-refractivity contribution in [3.05, 3.63) is 65.7 Å². The summed E-state index contributed by atoms with van der Waals surface area (Å²) in [5.41, 5.74) is 13.2. The van der Waals surface area contributed by atoms with Crippen molar-refractivity contribution in [2.45, 2.75) is 44.8 Å². The second kappa shape index (κ2) is 11.9. The number of ketones is 1. The average Bonchev–Trinajstić information content (AvgIpc) is 2.77. The number of carbonyl (C=O) groups excluding carboxylic acids is 4. The highest BCUT2D eigenvalue weighted by Gasteiger charge is 2.31. The highest BCUT2D eigenvalue weighted by molar-refractivity contribution is 6.00. The van der Waals surface area contributed by atoms with Crippen molar-refractivity contribution in [3.8, 4) is 5.75 Å². The predicted molar refractivity (Wildman–Crippen MR) is 123 cm³/mol. The fourth-order valence-electron chi connectivity index (χ4n) is 3.32. The van der Waals surface area contributed by atoms with Crippen LogP contribution in [0.5, 0.6) is 5.75 Å². The van der Waals surface area contributed by atoms with Gasteiger partial charge in [0.2, 0.25) is 17.7 Å². The highest BCUT2D eigenvalue weighted by Crippen LogP contribution is 2.13. The van der Waals surface area contributed by atoms with E-state index in [1.54, 1.807) is 12.1 Å². The molecule has 0 saturated heterocycles. The van der Waals surface area contributed by atoms with E-state index in [9.17, 15) is 24.3 Å². The van der Waals surface area contributed by atoms with Crippen LogP contribution in [-0.4, -0.2) is 58.2 Å². The lowest BCUT2D eigenvalue weighted by molar-refractivity contribution is -0.144. The monoisotopic (exact) mass is 454 g/mol. The molecule has 6 N–H and O–H groups in total. The van der Waals surface area contributed by atoms with Crippen molar-refractivity contribution >= 4 is 23.5 Å². The molecule has 0 fully saturated rings. The molecular weight excluding hydrogens is 424 g/mol. The third-order valence-electron chi connectivity index (χ3n) is 5.10. The van der Waals surface area contributed by atoms with E-state index in [1.807, 2.05) is 30.3 Å². The Balaban J connectivity index is 2.10. The lowest BCUT2D eigenvalue weighted by Gasteiger charge is -2.31. The molecule has 9 nitrogen and oxygen atoms in total. The van der Waals surface area contributed by atoms with Gasteiger partial charge in [0.05, 0.1) is 18.1 Å². The number of carbonyl (C=O) groups is 4. The standard InChI is InChI=1S/C24H30N4O5/c1-15(25)24(33)28(21(16(2)29)13-17-6-4-3-5-7-17)14-22(31)27-23(32)20(26)12-18-8-10-19(30)11-9-18/h3-11,15,20-21,30H,12-14,25-26H2,1-2H3,(H,27,31,32)/t15-,20+,21?/m1/s1. The summed E-state index contributed by atoms with van der Waals surface area (Å²) in [7, 11) is 0. The van der Waals surface area contributed by atoms with Gasteiger partial charge in [0.15, 0.2) is 5.78 Å². The van der Waals surface area contributed by atoms with E-state index in [1.165, 1.54) is 26.0 Å². The zero-order valence-corrected chi connectivity index (χ0v) is 18.7. The van der Waals surface area contributed by atoms with E-state index >= 15 is 0 Å². The summed E-state index contributed by atoms with van der Waals surface area (Å²) in [6, 6.07) is 12.4. The second-order valence-electron chi connectivity index (χ2n) is 7.96. The lowest BCUT2D eigenvalue weighted by Crippen LogP contribution is -2.55. The summed E-state index contributed by atoms with van der Waals surface area (Å²) in [6.45, 7) is 2.28. The molecule has 0 aromatic heterocycles. The topological polar surface area (TPSA) is 156 Å².